The molecule has 136 valence electrons. The molecular formula is C17H27N7O. The maximum absolute atomic E-state index is 12.6. The van der Waals surface area contributed by atoms with Gasteiger partial charge in [-0.05, 0) is 33.2 Å². The van der Waals surface area contributed by atoms with Gasteiger partial charge < -0.3 is 4.90 Å². The van der Waals surface area contributed by atoms with Crippen LogP contribution >= 0.6 is 0 Å². The van der Waals surface area contributed by atoms with Gasteiger partial charge in [-0.3, -0.25) is 14.4 Å². The lowest BCUT2D eigenvalue weighted by Gasteiger charge is -2.26. The number of nitrogens with zero attached hydrogens (tertiary/aromatic N) is 7. The number of carbonyl (C=O) groups is 1. The molecule has 1 fully saturated rings. The molecule has 0 aliphatic carbocycles. The van der Waals surface area contributed by atoms with Gasteiger partial charge in [-0.25, -0.2) is 9.67 Å². The van der Waals surface area contributed by atoms with Gasteiger partial charge in [0.15, 0.2) is 0 Å². The van der Waals surface area contributed by atoms with Crippen molar-refractivity contribution in [1.82, 2.24) is 34.3 Å². The van der Waals surface area contributed by atoms with E-state index in [2.05, 4.69) is 20.1 Å². The molecule has 0 N–H and O–H groups in total. The van der Waals surface area contributed by atoms with Crippen LogP contribution in [0, 0.1) is 13.8 Å². The summed E-state index contributed by atoms with van der Waals surface area (Å²) >= 11 is 0. The lowest BCUT2D eigenvalue weighted by atomic mass is 10.2. The summed E-state index contributed by atoms with van der Waals surface area (Å²) in [6, 6.07) is 0.343. The number of hydrogen-bond acceptors (Lipinski definition) is 5. The molecule has 1 atom stereocenters. The van der Waals surface area contributed by atoms with E-state index in [-0.39, 0.29) is 5.91 Å². The largest absolute Gasteiger partial charge is 0.340 e. The summed E-state index contributed by atoms with van der Waals surface area (Å²) in [5.41, 5.74) is 1.05. The minimum Gasteiger partial charge on any atom is -0.340 e. The quantitative estimate of drug-likeness (QED) is 0.773. The molecule has 1 aliphatic rings. The fourth-order valence-corrected chi connectivity index (χ4v) is 3.45. The second-order valence-electron chi connectivity index (χ2n) is 6.93. The van der Waals surface area contributed by atoms with Crippen LogP contribution in [-0.4, -0.2) is 66.4 Å². The third kappa shape index (κ3) is 4.25. The molecule has 3 heterocycles. The Hall–Kier alpha value is -2.22. The maximum atomic E-state index is 12.6. The normalized spacial score (nSPS) is 18.0. The van der Waals surface area contributed by atoms with Gasteiger partial charge in [-0.15, -0.1) is 0 Å². The Labute approximate surface area is 148 Å². The molecule has 0 saturated carbocycles. The second kappa shape index (κ2) is 7.35. The van der Waals surface area contributed by atoms with Gasteiger partial charge in [0.1, 0.15) is 11.6 Å². The zero-order valence-corrected chi connectivity index (χ0v) is 15.5. The molecule has 0 bridgehead atoms. The van der Waals surface area contributed by atoms with Gasteiger partial charge in [0.2, 0.25) is 5.91 Å². The van der Waals surface area contributed by atoms with Crippen LogP contribution < -0.4 is 0 Å². The number of amides is 1. The average Bonchev–Trinajstić information content (AvgIpc) is 3.23. The molecule has 1 saturated heterocycles. The van der Waals surface area contributed by atoms with Crippen molar-refractivity contribution in [1.29, 1.82) is 0 Å². The maximum Gasteiger partial charge on any atom is 0.236 e. The Morgan fingerprint density at radius 3 is 2.84 bits per heavy atom. The average molecular weight is 345 g/mol. The van der Waals surface area contributed by atoms with Gasteiger partial charge in [-0.1, -0.05) is 0 Å². The SMILES string of the molecule is Cc1nc(C)n(C[C@@H]2CCCN2CC(=O)N(C)Cc2cnn(C)c2)n1. The third-order valence-electron chi connectivity index (χ3n) is 4.79. The van der Waals surface area contributed by atoms with Crippen molar-refractivity contribution >= 4 is 5.91 Å². The predicted molar refractivity (Wildman–Crippen MR) is 93.8 cm³/mol. The third-order valence-corrected chi connectivity index (χ3v) is 4.79. The zero-order valence-electron chi connectivity index (χ0n) is 15.5. The summed E-state index contributed by atoms with van der Waals surface area (Å²) in [7, 11) is 3.74. The first kappa shape index (κ1) is 17.6. The van der Waals surface area contributed by atoms with Gasteiger partial charge in [0.25, 0.3) is 0 Å². The van der Waals surface area contributed by atoms with Crippen LogP contribution in [0.15, 0.2) is 12.4 Å². The first-order chi connectivity index (χ1) is 11.9. The summed E-state index contributed by atoms with van der Waals surface area (Å²) in [5, 5.41) is 8.61. The van der Waals surface area contributed by atoms with Crippen molar-refractivity contribution in [2.45, 2.75) is 45.8 Å². The van der Waals surface area contributed by atoms with E-state index < -0.39 is 0 Å². The predicted octanol–water partition coefficient (Wildman–Crippen LogP) is 0.751. The Bertz CT molecular complexity index is 735. The van der Waals surface area contributed by atoms with Crippen molar-refractivity contribution < 1.29 is 4.79 Å². The van der Waals surface area contributed by atoms with Crippen LogP contribution in [0.25, 0.3) is 0 Å². The van der Waals surface area contributed by atoms with Crippen LogP contribution in [0.5, 0.6) is 0 Å². The van der Waals surface area contributed by atoms with Crippen LogP contribution in [0.1, 0.15) is 30.1 Å². The van der Waals surface area contributed by atoms with E-state index >= 15 is 0 Å². The van der Waals surface area contributed by atoms with E-state index in [0.717, 1.165) is 43.1 Å². The second-order valence-corrected chi connectivity index (χ2v) is 6.93. The van der Waals surface area contributed by atoms with Crippen molar-refractivity contribution in [2.24, 2.45) is 7.05 Å². The van der Waals surface area contributed by atoms with Crippen LogP contribution in [0.3, 0.4) is 0 Å². The van der Waals surface area contributed by atoms with Crippen molar-refractivity contribution in [3.8, 4) is 0 Å². The first-order valence-electron chi connectivity index (χ1n) is 8.76. The molecule has 8 nitrogen and oxygen atoms in total. The highest BCUT2D eigenvalue weighted by Crippen LogP contribution is 2.19. The molecule has 2 aromatic rings. The number of likely N-dealkylation sites (tertiary alicyclic amines) is 1. The van der Waals surface area contributed by atoms with Gasteiger partial charge in [-0.2, -0.15) is 10.2 Å². The standard InChI is InChI=1S/C17H27N7O/c1-13-19-14(2)24(20-13)11-16-6-5-7-23(16)12-17(25)21(3)9-15-8-18-22(4)10-15/h8,10,16H,5-7,9,11-12H2,1-4H3/t16-/m0/s1. The number of carbonyl (C=O) groups excluding carboxylic acids is 1. The molecule has 8 heteroatoms. The highest BCUT2D eigenvalue weighted by atomic mass is 16.2. The van der Waals surface area contributed by atoms with Crippen molar-refractivity contribution in [3.63, 3.8) is 0 Å². The fraction of sp³-hybridized carbons (Fsp3) is 0.647. The van der Waals surface area contributed by atoms with Gasteiger partial charge in [0.05, 0.1) is 19.3 Å². The highest BCUT2D eigenvalue weighted by molar-refractivity contribution is 5.78. The lowest BCUT2D eigenvalue weighted by molar-refractivity contribution is -0.131. The van der Waals surface area contributed by atoms with E-state index in [0.29, 0.717) is 19.1 Å². The number of likely N-dealkylation sites (N-methyl/N-ethyl adjacent to an activating group) is 1. The summed E-state index contributed by atoms with van der Waals surface area (Å²) in [6.07, 6.45) is 5.96. The Morgan fingerprint density at radius 2 is 2.20 bits per heavy atom. The van der Waals surface area contributed by atoms with Crippen molar-refractivity contribution in [2.75, 3.05) is 20.1 Å². The molecule has 0 spiro atoms. The summed E-state index contributed by atoms with van der Waals surface area (Å²) < 4.78 is 3.72. The smallest absolute Gasteiger partial charge is 0.236 e. The lowest BCUT2D eigenvalue weighted by Crippen LogP contribution is -2.42. The minimum absolute atomic E-state index is 0.141. The van der Waals surface area contributed by atoms with Crippen molar-refractivity contribution in [3.05, 3.63) is 29.6 Å². The Kier molecular flexibility index (Phi) is 5.17. The molecule has 0 aromatic carbocycles. The molecule has 1 amide bonds. The zero-order chi connectivity index (χ0) is 18.0. The van der Waals surface area contributed by atoms with Crippen LogP contribution in [0.2, 0.25) is 0 Å². The van der Waals surface area contributed by atoms with E-state index in [4.69, 9.17) is 0 Å². The molecule has 3 rings (SSSR count). The highest BCUT2D eigenvalue weighted by Gasteiger charge is 2.28. The van der Waals surface area contributed by atoms with Crippen LogP contribution in [0.4, 0.5) is 0 Å². The topological polar surface area (TPSA) is 72.1 Å². The number of aryl methyl sites for hydroxylation is 3. The van der Waals surface area contributed by atoms with E-state index in [9.17, 15) is 4.79 Å². The Morgan fingerprint density at radius 1 is 1.40 bits per heavy atom. The molecular weight excluding hydrogens is 318 g/mol. The molecule has 2 aromatic heterocycles. The summed E-state index contributed by atoms with van der Waals surface area (Å²) in [5.74, 6) is 1.88. The minimum atomic E-state index is 0.141. The molecule has 25 heavy (non-hydrogen) atoms. The number of rotatable bonds is 6. The van der Waals surface area contributed by atoms with E-state index in [1.807, 2.05) is 38.8 Å². The number of hydrogen-bond donors (Lipinski definition) is 0. The Balaban J connectivity index is 1.56. The first-order valence-corrected chi connectivity index (χ1v) is 8.76. The van der Waals surface area contributed by atoms with E-state index in [1.54, 1.807) is 15.8 Å². The van der Waals surface area contributed by atoms with E-state index in [1.165, 1.54) is 0 Å². The monoisotopic (exact) mass is 345 g/mol. The molecule has 0 radical (unpaired) electrons. The molecule has 1 aliphatic heterocycles. The van der Waals surface area contributed by atoms with Crippen LogP contribution in [-0.2, 0) is 24.9 Å². The molecule has 0 unspecified atom stereocenters. The summed E-state index contributed by atoms with van der Waals surface area (Å²) in [6.45, 7) is 6.69. The summed E-state index contributed by atoms with van der Waals surface area (Å²) in [4.78, 5) is 21.0. The fourth-order valence-electron chi connectivity index (χ4n) is 3.45. The van der Waals surface area contributed by atoms with Gasteiger partial charge in [0, 0.05) is 38.4 Å². The van der Waals surface area contributed by atoms with Gasteiger partial charge >= 0.3 is 0 Å². The number of aromatic nitrogens is 5.